The van der Waals surface area contributed by atoms with Crippen molar-refractivity contribution in [2.24, 2.45) is 16.7 Å². The van der Waals surface area contributed by atoms with Crippen LogP contribution in [0.1, 0.15) is 40.5 Å². The zero-order chi connectivity index (χ0) is 12.4. The predicted molar refractivity (Wildman–Crippen MR) is 65.6 cm³/mol. The molecule has 1 rings (SSSR count). The largest absolute Gasteiger partial charge is 0.302 e. The SMILES string of the molecule is CC1(C)CCCN(CC(C)(C)C(=O)NN)C1. The summed E-state index contributed by atoms with van der Waals surface area (Å²) in [6.07, 6.45) is 2.49. The fraction of sp³-hybridized carbons (Fsp3) is 0.917. The smallest absolute Gasteiger partial charge is 0.240 e. The number of likely N-dealkylation sites (tertiary alicyclic amines) is 1. The molecule has 4 heteroatoms. The minimum absolute atomic E-state index is 0.0871. The minimum Gasteiger partial charge on any atom is -0.302 e. The third kappa shape index (κ3) is 3.46. The van der Waals surface area contributed by atoms with Gasteiger partial charge in [-0.05, 0) is 38.6 Å². The number of piperidine rings is 1. The number of hydrogen-bond acceptors (Lipinski definition) is 3. The molecular formula is C12H25N3O. The summed E-state index contributed by atoms with van der Waals surface area (Å²) >= 11 is 0. The normalized spacial score (nSPS) is 21.8. The van der Waals surface area contributed by atoms with Crippen LogP contribution in [0.25, 0.3) is 0 Å². The highest BCUT2D eigenvalue weighted by Gasteiger charge is 2.33. The molecule has 4 nitrogen and oxygen atoms in total. The van der Waals surface area contributed by atoms with Crippen LogP contribution in [0.3, 0.4) is 0 Å². The molecular weight excluding hydrogens is 202 g/mol. The molecule has 1 aliphatic rings. The quantitative estimate of drug-likeness (QED) is 0.431. The Hall–Kier alpha value is -0.610. The van der Waals surface area contributed by atoms with Crippen LogP contribution in [0.4, 0.5) is 0 Å². The van der Waals surface area contributed by atoms with Crippen molar-refractivity contribution in [2.75, 3.05) is 19.6 Å². The van der Waals surface area contributed by atoms with Crippen molar-refractivity contribution in [1.82, 2.24) is 10.3 Å². The number of carbonyl (C=O) groups excluding carboxylic acids is 1. The number of nitrogens with two attached hydrogens (primary N) is 1. The van der Waals surface area contributed by atoms with Crippen molar-refractivity contribution in [3.8, 4) is 0 Å². The minimum atomic E-state index is -0.415. The lowest BCUT2D eigenvalue weighted by molar-refractivity contribution is -0.130. The molecule has 1 heterocycles. The van der Waals surface area contributed by atoms with Crippen molar-refractivity contribution in [1.29, 1.82) is 0 Å². The molecule has 1 amide bonds. The van der Waals surface area contributed by atoms with Gasteiger partial charge in [0.1, 0.15) is 0 Å². The van der Waals surface area contributed by atoms with Crippen LogP contribution in [0, 0.1) is 10.8 Å². The van der Waals surface area contributed by atoms with Crippen molar-refractivity contribution in [3.05, 3.63) is 0 Å². The van der Waals surface area contributed by atoms with E-state index in [9.17, 15) is 4.79 Å². The number of amides is 1. The van der Waals surface area contributed by atoms with Crippen LogP contribution in [0.5, 0.6) is 0 Å². The van der Waals surface area contributed by atoms with E-state index in [0.29, 0.717) is 5.41 Å². The Labute approximate surface area is 98.5 Å². The van der Waals surface area contributed by atoms with E-state index in [1.807, 2.05) is 13.8 Å². The lowest BCUT2D eigenvalue weighted by atomic mass is 9.82. The highest BCUT2D eigenvalue weighted by Crippen LogP contribution is 2.30. The topological polar surface area (TPSA) is 58.4 Å². The van der Waals surface area contributed by atoms with Gasteiger partial charge in [0.25, 0.3) is 0 Å². The number of nitrogens with one attached hydrogen (secondary N) is 1. The summed E-state index contributed by atoms with van der Waals surface area (Å²) in [6, 6.07) is 0. The maximum absolute atomic E-state index is 11.6. The number of hydrogen-bond donors (Lipinski definition) is 2. The van der Waals surface area contributed by atoms with Crippen molar-refractivity contribution < 1.29 is 4.79 Å². The zero-order valence-corrected chi connectivity index (χ0v) is 11.0. The van der Waals surface area contributed by atoms with E-state index in [-0.39, 0.29) is 5.91 Å². The number of carbonyl (C=O) groups is 1. The second kappa shape index (κ2) is 4.72. The van der Waals surface area contributed by atoms with Gasteiger partial charge in [-0.3, -0.25) is 10.2 Å². The van der Waals surface area contributed by atoms with Crippen molar-refractivity contribution in [2.45, 2.75) is 40.5 Å². The predicted octanol–water partition coefficient (Wildman–Crippen LogP) is 1.12. The monoisotopic (exact) mass is 227 g/mol. The Bertz CT molecular complexity index is 261. The van der Waals surface area contributed by atoms with Gasteiger partial charge in [0.05, 0.1) is 5.41 Å². The molecule has 0 radical (unpaired) electrons. The van der Waals surface area contributed by atoms with E-state index in [1.165, 1.54) is 12.8 Å². The van der Waals surface area contributed by atoms with Gasteiger partial charge in [0.15, 0.2) is 0 Å². The lowest BCUT2D eigenvalue weighted by Crippen LogP contribution is -2.50. The van der Waals surface area contributed by atoms with Gasteiger partial charge >= 0.3 is 0 Å². The zero-order valence-electron chi connectivity index (χ0n) is 11.0. The molecule has 1 fully saturated rings. The first kappa shape index (κ1) is 13.5. The fourth-order valence-electron chi connectivity index (χ4n) is 2.51. The van der Waals surface area contributed by atoms with Crippen LogP contribution in [0.2, 0.25) is 0 Å². The molecule has 0 aromatic rings. The third-order valence-electron chi connectivity index (χ3n) is 3.34. The summed E-state index contributed by atoms with van der Waals surface area (Å²) in [5.41, 5.74) is 2.20. The Morgan fingerprint density at radius 3 is 2.62 bits per heavy atom. The summed E-state index contributed by atoms with van der Waals surface area (Å²) < 4.78 is 0. The van der Waals surface area contributed by atoms with Gasteiger partial charge < -0.3 is 4.90 Å². The van der Waals surface area contributed by atoms with Gasteiger partial charge in [-0.1, -0.05) is 13.8 Å². The maximum Gasteiger partial charge on any atom is 0.240 e. The molecule has 0 unspecified atom stereocenters. The average molecular weight is 227 g/mol. The first-order valence-electron chi connectivity index (χ1n) is 6.00. The summed E-state index contributed by atoms with van der Waals surface area (Å²) in [7, 11) is 0. The number of nitrogens with zero attached hydrogens (tertiary/aromatic N) is 1. The Kier molecular flexibility index (Phi) is 3.97. The molecule has 1 aliphatic heterocycles. The molecule has 0 aromatic heterocycles. The lowest BCUT2D eigenvalue weighted by Gasteiger charge is -2.41. The third-order valence-corrected chi connectivity index (χ3v) is 3.34. The van der Waals surface area contributed by atoms with Gasteiger partial charge in [-0.2, -0.15) is 0 Å². The molecule has 3 N–H and O–H groups in total. The molecule has 1 saturated heterocycles. The van der Waals surface area contributed by atoms with Crippen LogP contribution >= 0.6 is 0 Å². The summed E-state index contributed by atoms with van der Waals surface area (Å²) in [4.78, 5) is 14.0. The highest BCUT2D eigenvalue weighted by atomic mass is 16.2. The fourth-order valence-corrected chi connectivity index (χ4v) is 2.51. The first-order chi connectivity index (χ1) is 7.27. The summed E-state index contributed by atoms with van der Waals surface area (Å²) in [5.74, 6) is 5.11. The maximum atomic E-state index is 11.6. The van der Waals surface area contributed by atoms with Gasteiger partial charge in [0, 0.05) is 13.1 Å². The van der Waals surface area contributed by atoms with Crippen LogP contribution in [-0.2, 0) is 4.79 Å². The molecule has 16 heavy (non-hydrogen) atoms. The first-order valence-corrected chi connectivity index (χ1v) is 6.00. The van der Waals surface area contributed by atoms with E-state index in [0.717, 1.165) is 19.6 Å². The molecule has 0 spiro atoms. The number of hydrazine groups is 1. The number of rotatable bonds is 3. The van der Waals surface area contributed by atoms with Gasteiger partial charge in [-0.25, -0.2) is 5.84 Å². The van der Waals surface area contributed by atoms with Gasteiger partial charge in [-0.15, -0.1) is 0 Å². The Morgan fingerprint density at radius 2 is 2.12 bits per heavy atom. The second-order valence-corrected chi connectivity index (χ2v) is 6.34. The van der Waals surface area contributed by atoms with Crippen molar-refractivity contribution >= 4 is 5.91 Å². The van der Waals surface area contributed by atoms with Gasteiger partial charge in [0.2, 0.25) is 5.91 Å². The van der Waals surface area contributed by atoms with E-state index < -0.39 is 5.41 Å². The van der Waals surface area contributed by atoms with E-state index in [1.54, 1.807) is 0 Å². The van der Waals surface area contributed by atoms with E-state index >= 15 is 0 Å². The molecule has 0 saturated carbocycles. The molecule has 0 aromatic carbocycles. The molecule has 0 aliphatic carbocycles. The van der Waals surface area contributed by atoms with E-state index in [4.69, 9.17) is 5.84 Å². The molecule has 0 bridgehead atoms. The molecule has 94 valence electrons. The Balaban J connectivity index is 2.57. The summed E-state index contributed by atoms with van der Waals surface area (Å²) in [6.45, 7) is 11.4. The summed E-state index contributed by atoms with van der Waals surface area (Å²) in [5, 5.41) is 0. The second-order valence-electron chi connectivity index (χ2n) is 6.34. The average Bonchev–Trinajstić information content (AvgIpc) is 2.14. The Morgan fingerprint density at radius 1 is 1.50 bits per heavy atom. The van der Waals surface area contributed by atoms with Crippen LogP contribution < -0.4 is 11.3 Å². The van der Waals surface area contributed by atoms with E-state index in [2.05, 4.69) is 24.2 Å². The van der Waals surface area contributed by atoms with Crippen molar-refractivity contribution in [3.63, 3.8) is 0 Å². The molecule has 0 atom stereocenters. The van der Waals surface area contributed by atoms with Crippen LogP contribution in [0.15, 0.2) is 0 Å². The van der Waals surface area contributed by atoms with Crippen LogP contribution in [-0.4, -0.2) is 30.4 Å². The highest BCUT2D eigenvalue weighted by molar-refractivity contribution is 5.81. The standard InChI is InChI=1S/C12H25N3O/c1-11(2)6-5-7-15(8-11)9-12(3,4)10(16)14-13/h5-9,13H2,1-4H3,(H,14,16).